The summed E-state index contributed by atoms with van der Waals surface area (Å²) in [4.78, 5) is 36.2. The smallest absolute Gasteiger partial charge is 0.332 e. The van der Waals surface area contributed by atoms with E-state index in [0.29, 0.717) is 65.5 Å². The van der Waals surface area contributed by atoms with E-state index in [0.717, 1.165) is 24.8 Å². The fourth-order valence-corrected chi connectivity index (χ4v) is 4.95. The fourth-order valence-electron chi connectivity index (χ4n) is 4.71. The Hall–Kier alpha value is -2.98. The third-order valence-electron chi connectivity index (χ3n) is 6.64. The highest BCUT2D eigenvalue weighted by Gasteiger charge is 2.22. The Bertz CT molecular complexity index is 1520. The lowest BCUT2D eigenvalue weighted by atomic mass is 10.2. The molecule has 5 rings (SSSR count). The molecular formula is C27H29Cl2N5O4. The van der Waals surface area contributed by atoms with Gasteiger partial charge in [-0.25, -0.2) is 14.8 Å². The zero-order valence-corrected chi connectivity index (χ0v) is 22.6. The lowest BCUT2D eigenvalue weighted by molar-refractivity contribution is -0.163. The van der Waals surface area contributed by atoms with Crippen LogP contribution in [-0.2, 0) is 29.1 Å². The van der Waals surface area contributed by atoms with Gasteiger partial charge in [-0.2, -0.15) is 0 Å². The van der Waals surface area contributed by atoms with Gasteiger partial charge >= 0.3 is 5.69 Å². The van der Waals surface area contributed by atoms with Crippen molar-refractivity contribution in [3.05, 3.63) is 79.2 Å². The number of hydrogen-bond acceptors (Lipinski definition) is 6. The number of hydrogen-bond donors (Lipinski definition) is 0. The van der Waals surface area contributed by atoms with E-state index in [4.69, 9.17) is 37.7 Å². The molecule has 11 heteroatoms. The number of pyridine rings is 1. The van der Waals surface area contributed by atoms with E-state index in [1.165, 1.54) is 9.13 Å². The maximum atomic E-state index is 13.8. The number of halogens is 2. The summed E-state index contributed by atoms with van der Waals surface area (Å²) in [5, 5.41) is 0.970. The predicted octanol–water partition coefficient (Wildman–Crippen LogP) is 4.73. The van der Waals surface area contributed by atoms with Crippen LogP contribution in [0.5, 0.6) is 0 Å². The minimum absolute atomic E-state index is 0.216. The summed E-state index contributed by atoms with van der Waals surface area (Å²) in [6, 6.07) is 10.9. The standard InChI is InChI=1S/C27H29Cl2N5O4/c1-2-32-25-23(26(35)33(27(32)36)13-5-15-38-22-6-3-4-14-37-22)34(17-18-7-10-20(28)11-8-18)24(31-25)19-9-12-21(29)30-16-19/h7-12,16,22H,2-6,13-15,17H2,1H3. The van der Waals surface area contributed by atoms with Crippen molar-refractivity contribution >= 4 is 34.4 Å². The number of ether oxygens (including phenoxy) is 2. The molecule has 0 radical (unpaired) electrons. The second-order valence-corrected chi connectivity index (χ2v) is 10.0. The molecule has 0 spiro atoms. The van der Waals surface area contributed by atoms with Crippen LogP contribution in [0.15, 0.2) is 52.2 Å². The van der Waals surface area contributed by atoms with Crippen LogP contribution < -0.4 is 11.2 Å². The number of aromatic nitrogens is 5. The van der Waals surface area contributed by atoms with Gasteiger partial charge < -0.3 is 14.0 Å². The molecular weight excluding hydrogens is 529 g/mol. The van der Waals surface area contributed by atoms with E-state index >= 15 is 0 Å². The van der Waals surface area contributed by atoms with Crippen LogP contribution in [0.2, 0.25) is 10.2 Å². The molecule has 0 amide bonds. The summed E-state index contributed by atoms with van der Waals surface area (Å²) in [7, 11) is 0. The molecule has 0 N–H and O–H groups in total. The van der Waals surface area contributed by atoms with E-state index in [1.807, 2.05) is 23.6 Å². The van der Waals surface area contributed by atoms with E-state index in [2.05, 4.69) is 4.98 Å². The van der Waals surface area contributed by atoms with Crippen molar-refractivity contribution in [3.8, 4) is 11.4 Å². The van der Waals surface area contributed by atoms with Crippen LogP contribution in [0.25, 0.3) is 22.6 Å². The molecule has 4 aromatic rings. The number of fused-ring (bicyclic) bond motifs is 1. The van der Waals surface area contributed by atoms with Gasteiger partial charge in [0.15, 0.2) is 17.5 Å². The average Bonchev–Trinajstić information content (AvgIpc) is 3.29. The molecule has 3 aromatic heterocycles. The zero-order chi connectivity index (χ0) is 26.6. The Labute approximate surface area is 229 Å². The Morgan fingerprint density at radius 3 is 2.55 bits per heavy atom. The van der Waals surface area contributed by atoms with E-state index in [-0.39, 0.29) is 12.8 Å². The molecule has 1 fully saturated rings. The normalized spacial score (nSPS) is 15.8. The van der Waals surface area contributed by atoms with Gasteiger partial charge in [0, 0.05) is 43.0 Å². The lowest BCUT2D eigenvalue weighted by Crippen LogP contribution is -2.40. The van der Waals surface area contributed by atoms with E-state index < -0.39 is 11.2 Å². The van der Waals surface area contributed by atoms with Crippen molar-refractivity contribution < 1.29 is 9.47 Å². The van der Waals surface area contributed by atoms with Crippen molar-refractivity contribution in [2.45, 2.75) is 58.5 Å². The summed E-state index contributed by atoms with van der Waals surface area (Å²) in [5.74, 6) is 0.522. The zero-order valence-electron chi connectivity index (χ0n) is 21.1. The minimum Gasteiger partial charge on any atom is -0.353 e. The maximum absolute atomic E-state index is 13.8. The number of aryl methyl sites for hydroxylation is 1. The first-order valence-corrected chi connectivity index (χ1v) is 13.5. The third-order valence-corrected chi connectivity index (χ3v) is 7.11. The molecule has 1 aliphatic rings. The first-order chi connectivity index (χ1) is 18.5. The second-order valence-electron chi connectivity index (χ2n) is 9.19. The number of benzene rings is 1. The molecule has 1 aromatic carbocycles. The SMILES string of the molecule is CCn1c(=O)n(CCCOC2CCCCO2)c(=O)c2c1nc(-c1ccc(Cl)nc1)n2Cc1ccc(Cl)cc1. The van der Waals surface area contributed by atoms with Gasteiger partial charge in [0.05, 0.1) is 6.61 Å². The predicted molar refractivity (Wildman–Crippen MR) is 147 cm³/mol. The molecule has 9 nitrogen and oxygen atoms in total. The highest BCUT2D eigenvalue weighted by molar-refractivity contribution is 6.30. The van der Waals surface area contributed by atoms with Gasteiger partial charge in [-0.15, -0.1) is 0 Å². The minimum atomic E-state index is -0.393. The quantitative estimate of drug-likeness (QED) is 0.218. The molecule has 0 saturated carbocycles. The summed E-state index contributed by atoms with van der Waals surface area (Å²) in [5.41, 5.74) is 1.51. The van der Waals surface area contributed by atoms with E-state index in [1.54, 1.807) is 30.5 Å². The summed E-state index contributed by atoms with van der Waals surface area (Å²) in [6.07, 6.45) is 4.88. The van der Waals surface area contributed by atoms with Crippen molar-refractivity contribution in [2.24, 2.45) is 0 Å². The summed E-state index contributed by atoms with van der Waals surface area (Å²) >= 11 is 12.1. The highest BCUT2D eigenvalue weighted by atomic mass is 35.5. The van der Waals surface area contributed by atoms with Crippen LogP contribution in [0.1, 0.15) is 38.2 Å². The summed E-state index contributed by atoms with van der Waals surface area (Å²) < 4.78 is 16.1. The molecule has 200 valence electrons. The van der Waals surface area contributed by atoms with Gasteiger partial charge in [-0.05, 0) is 62.4 Å². The Balaban J connectivity index is 1.57. The van der Waals surface area contributed by atoms with Gasteiger partial charge in [0.1, 0.15) is 11.0 Å². The van der Waals surface area contributed by atoms with Crippen LogP contribution >= 0.6 is 23.2 Å². The Kier molecular flexibility index (Phi) is 8.28. The first kappa shape index (κ1) is 26.6. The maximum Gasteiger partial charge on any atom is 0.332 e. The van der Waals surface area contributed by atoms with Crippen molar-refractivity contribution in [1.82, 2.24) is 23.7 Å². The molecule has 38 heavy (non-hydrogen) atoms. The molecule has 0 bridgehead atoms. The van der Waals surface area contributed by atoms with Crippen LogP contribution in [0.3, 0.4) is 0 Å². The lowest BCUT2D eigenvalue weighted by Gasteiger charge is -2.22. The number of rotatable bonds is 9. The molecule has 1 saturated heterocycles. The topological polar surface area (TPSA) is 93.2 Å². The molecule has 0 aliphatic carbocycles. The molecule has 1 unspecified atom stereocenters. The number of nitrogens with zero attached hydrogens (tertiary/aromatic N) is 5. The summed E-state index contributed by atoms with van der Waals surface area (Å²) in [6.45, 7) is 3.89. The van der Waals surface area contributed by atoms with Gasteiger partial charge in [-0.1, -0.05) is 35.3 Å². The fraction of sp³-hybridized carbons (Fsp3) is 0.407. The van der Waals surface area contributed by atoms with Crippen LogP contribution in [0.4, 0.5) is 0 Å². The Morgan fingerprint density at radius 2 is 1.87 bits per heavy atom. The highest BCUT2D eigenvalue weighted by Crippen LogP contribution is 2.25. The molecule has 4 heterocycles. The van der Waals surface area contributed by atoms with Crippen molar-refractivity contribution in [3.63, 3.8) is 0 Å². The van der Waals surface area contributed by atoms with Crippen molar-refractivity contribution in [2.75, 3.05) is 13.2 Å². The monoisotopic (exact) mass is 557 g/mol. The largest absolute Gasteiger partial charge is 0.353 e. The number of imidazole rings is 1. The van der Waals surface area contributed by atoms with E-state index in [9.17, 15) is 9.59 Å². The molecule has 1 atom stereocenters. The first-order valence-electron chi connectivity index (χ1n) is 12.8. The van der Waals surface area contributed by atoms with Crippen LogP contribution in [-0.4, -0.2) is 43.2 Å². The van der Waals surface area contributed by atoms with Crippen LogP contribution in [0, 0.1) is 0 Å². The van der Waals surface area contributed by atoms with Gasteiger partial charge in [-0.3, -0.25) is 13.9 Å². The average molecular weight is 558 g/mol. The van der Waals surface area contributed by atoms with Crippen molar-refractivity contribution in [1.29, 1.82) is 0 Å². The van der Waals surface area contributed by atoms with Gasteiger partial charge in [0.2, 0.25) is 0 Å². The molecule has 1 aliphatic heterocycles. The second kappa shape index (κ2) is 11.8. The third kappa shape index (κ3) is 5.56. The van der Waals surface area contributed by atoms with Gasteiger partial charge in [0.25, 0.3) is 5.56 Å². The Morgan fingerprint density at radius 1 is 1.05 bits per heavy atom.